The molecule has 4 heteroatoms. The Hall–Kier alpha value is -1.32. The quantitative estimate of drug-likeness (QED) is 0.455. The van der Waals surface area contributed by atoms with Gasteiger partial charge < -0.3 is 5.32 Å². The molecule has 66 valence electrons. The van der Waals surface area contributed by atoms with E-state index < -0.39 is 0 Å². The molecule has 0 aromatic rings. The van der Waals surface area contributed by atoms with Gasteiger partial charge in [-0.3, -0.25) is 10.2 Å². The standard InChI is InChI=1S/C8H13N3O/c1-2-10-11-6-5-9-8(12)7-3-4-7/h2,6-7,10H,1,3-5H2,(H,9,12)/b11-6-. The van der Waals surface area contributed by atoms with Crippen molar-refractivity contribution in [2.45, 2.75) is 12.8 Å². The Morgan fingerprint density at radius 2 is 2.42 bits per heavy atom. The molecule has 4 nitrogen and oxygen atoms in total. The summed E-state index contributed by atoms with van der Waals surface area (Å²) in [5.41, 5.74) is 2.55. The van der Waals surface area contributed by atoms with E-state index in [9.17, 15) is 4.79 Å². The van der Waals surface area contributed by atoms with Crippen molar-refractivity contribution in [3.63, 3.8) is 0 Å². The van der Waals surface area contributed by atoms with Crippen LogP contribution in [0.3, 0.4) is 0 Å². The van der Waals surface area contributed by atoms with Gasteiger partial charge in [0.25, 0.3) is 0 Å². The minimum absolute atomic E-state index is 0.139. The van der Waals surface area contributed by atoms with Crippen LogP contribution >= 0.6 is 0 Å². The van der Waals surface area contributed by atoms with Crippen LogP contribution in [0.4, 0.5) is 0 Å². The third kappa shape index (κ3) is 3.18. The molecular weight excluding hydrogens is 154 g/mol. The first-order valence-electron chi connectivity index (χ1n) is 4.00. The van der Waals surface area contributed by atoms with Crippen LogP contribution in [0.5, 0.6) is 0 Å². The second-order valence-corrected chi connectivity index (χ2v) is 2.66. The molecule has 12 heavy (non-hydrogen) atoms. The Bertz CT molecular complexity index is 196. The smallest absolute Gasteiger partial charge is 0.223 e. The van der Waals surface area contributed by atoms with Crippen molar-refractivity contribution < 1.29 is 4.79 Å². The van der Waals surface area contributed by atoms with Gasteiger partial charge in [-0.05, 0) is 12.8 Å². The zero-order chi connectivity index (χ0) is 8.81. The summed E-state index contributed by atoms with van der Waals surface area (Å²) in [7, 11) is 0. The van der Waals surface area contributed by atoms with Crippen molar-refractivity contribution >= 4 is 12.1 Å². The summed E-state index contributed by atoms with van der Waals surface area (Å²) >= 11 is 0. The predicted molar refractivity (Wildman–Crippen MR) is 47.6 cm³/mol. The molecule has 1 aliphatic rings. The van der Waals surface area contributed by atoms with E-state index in [-0.39, 0.29) is 11.8 Å². The molecule has 0 unspecified atom stereocenters. The van der Waals surface area contributed by atoms with E-state index in [1.807, 2.05) is 0 Å². The molecule has 1 saturated carbocycles. The average Bonchev–Trinajstić information content (AvgIpc) is 2.86. The van der Waals surface area contributed by atoms with E-state index in [1.54, 1.807) is 6.21 Å². The summed E-state index contributed by atoms with van der Waals surface area (Å²) < 4.78 is 0. The van der Waals surface area contributed by atoms with E-state index in [1.165, 1.54) is 6.20 Å². The van der Waals surface area contributed by atoms with E-state index in [0.29, 0.717) is 6.54 Å². The van der Waals surface area contributed by atoms with Crippen LogP contribution < -0.4 is 10.7 Å². The molecular formula is C8H13N3O. The maximum Gasteiger partial charge on any atom is 0.223 e. The van der Waals surface area contributed by atoms with Crippen LogP contribution in [0.2, 0.25) is 0 Å². The Kier molecular flexibility index (Phi) is 3.32. The first-order chi connectivity index (χ1) is 5.84. The molecule has 1 rings (SSSR count). The summed E-state index contributed by atoms with van der Waals surface area (Å²) in [6, 6.07) is 0. The van der Waals surface area contributed by atoms with Crippen LogP contribution in [0, 0.1) is 5.92 Å². The Balaban J connectivity index is 2.00. The number of carbonyl (C=O) groups is 1. The summed E-state index contributed by atoms with van der Waals surface area (Å²) in [5, 5.41) is 6.47. The lowest BCUT2D eigenvalue weighted by molar-refractivity contribution is -0.121. The van der Waals surface area contributed by atoms with Gasteiger partial charge in [0.2, 0.25) is 5.91 Å². The number of hydrazone groups is 1. The van der Waals surface area contributed by atoms with Crippen molar-refractivity contribution in [2.24, 2.45) is 11.0 Å². The number of rotatable bonds is 5. The van der Waals surface area contributed by atoms with Gasteiger partial charge in [-0.25, -0.2) is 0 Å². The summed E-state index contributed by atoms with van der Waals surface area (Å²) in [6.07, 6.45) is 5.14. The first kappa shape index (κ1) is 8.77. The van der Waals surface area contributed by atoms with Crippen molar-refractivity contribution in [1.82, 2.24) is 10.7 Å². The van der Waals surface area contributed by atoms with Crippen LogP contribution in [0.1, 0.15) is 12.8 Å². The Morgan fingerprint density at radius 3 is 3.00 bits per heavy atom. The fourth-order valence-corrected chi connectivity index (χ4v) is 0.787. The normalized spacial score (nSPS) is 16.0. The maximum atomic E-state index is 11.0. The second-order valence-electron chi connectivity index (χ2n) is 2.66. The van der Waals surface area contributed by atoms with Gasteiger partial charge in [-0.15, -0.1) is 0 Å². The maximum absolute atomic E-state index is 11.0. The highest BCUT2D eigenvalue weighted by atomic mass is 16.2. The lowest BCUT2D eigenvalue weighted by Crippen LogP contribution is -2.26. The zero-order valence-electron chi connectivity index (χ0n) is 6.92. The van der Waals surface area contributed by atoms with E-state index in [2.05, 4.69) is 22.4 Å². The number of amides is 1. The Morgan fingerprint density at radius 1 is 1.67 bits per heavy atom. The Labute approximate surface area is 71.7 Å². The number of nitrogens with one attached hydrogen (secondary N) is 2. The highest BCUT2D eigenvalue weighted by Gasteiger charge is 2.28. The summed E-state index contributed by atoms with van der Waals surface area (Å²) in [6.45, 7) is 3.90. The SMILES string of the molecule is C=CN/N=C\CNC(=O)C1CC1. The third-order valence-electron chi connectivity index (χ3n) is 1.57. The average molecular weight is 167 g/mol. The molecule has 2 N–H and O–H groups in total. The van der Waals surface area contributed by atoms with Gasteiger partial charge in [-0.1, -0.05) is 6.58 Å². The minimum Gasteiger partial charge on any atom is -0.351 e. The molecule has 0 spiro atoms. The molecule has 0 radical (unpaired) electrons. The molecule has 1 aliphatic carbocycles. The fourth-order valence-electron chi connectivity index (χ4n) is 0.787. The molecule has 1 amide bonds. The zero-order valence-corrected chi connectivity index (χ0v) is 6.92. The molecule has 0 aromatic carbocycles. The first-order valence-corrected chi connectivity index (χ1v) is 4.00. The van der Waals surface area contributed by atoms with Crippen LogP contribution in [-0.2, 0) is 4.79 Å². The number of carbonyl (C=O) groups excluding carboxylic acids is 1. The second kappa shape index (κ2) is 4.54. The lowest BCUT2D eigenvalue weighted by atomic mass is 10.4. The van der Waals surface area contributed by atoms with Crippen molar-refractivity contribution in [1.29, 1.82) is 0 Å². The summed E-state index contributed by atoms with van der Waals surface area (Å²) in [5.74, 6) is 0.408. The van der Waals surface area contributed by atoms with Crippen molar-refractivity contribution in [2.75, 3.05) is 6.54 Å². The molecule has 1 fully saturated rings. The topological polar surface area (TPSA) is 53.5 Å². The van der Waals surface area contributed by atoms with Gasteiger partial charge in [0.05, 0.1) is 6.54 Å². The molecule has 0 atom stereocenters. The molecule has 0 heterocycles. The van der Waals surface area contributed by atoms with E-state index in [4.69, 9.17) is 0 Å². The van der Waals surface area contributed by atoms with E-state index in [0.717, 1.165) is 12.8 Å². The van der Waals surface area contributed by atoms with Gasteiger partial charge in [0.15, 0.2) is 0 Å². The van der Waals surface area contributed by atoms with Gasteiger partial charge in [-0.2, -0.15) is 5.10 Å². The highest BCUT2D eigenvalue weighted by Crippen LogP contribution is 2.28. The molecule has 0 saturated heterocycles. The molecule has 0 bridgehead atoms. The predicted octanol–water partition coefficient (Wildman–Crippen LogP) is 0.231. The van der Waals surface area contributed by atoms with Gasteiger partial charge in [0.1, 0.15) is 0 Å². The largest absolute Gasteiger partial charge is 0.351 e. The van der Waals surface area contributed by atoms with Crippen molar-refractivity contribution in [3.05, 3.63) is 12.8 Å². The number of hydrogen-bond donors (Lipinski definition) is 2. The number of nitrogens with zero attached hydrogens (tertiary/aromatic N) is 1. The molecule has 0 aromatic heterocycles. The van der Waals surface area contributed by atoms with Crippen LogP contribution in [0.15, 0.2) is 17.9 Å². The highest BCUT2D eigenvalue weighted by molar-refractivity contribution is 5.83. The van der Waals surface area contributed by atoms with Gasteiger partial charge >= 0.3 is 0 Å². The monoisotopic (exact) mass is 167 g/mol. The fraction of sp³-hybridized carbons (Fsp3) is 0.500. The molecule has 0 aliphatic heterocycles. The van der Waals surface area contributed by atoms with Crippen molar-refractivity contribution in [3.8, 4) is 0 Å². The lowest BCUT2D eigenvalue weighted by Gasteiger charge is -1.97. The number of hydrogen-bond acceptors (Lipinski definition) is 3. The van der Waals surface area contributed by atoms with Gasteiger partial charge in [0, 0.05) is 18.3 Å². The van der Waals surface area contributed by atoms with E-state index >= 15 is 0 Å². The van der Waals surface area contributed by atoms with Crippen LogP contribution in [0.25, 0.3) is 0 Å². The van der Waals surface area contributed by atoms with Crippen LogP contribution in [-0.4, -0.2) is 18.7 Å². The third-order valence-corrected chi connectivity index (χ3v) is 1.57. The summed E-state index contributed by atoms with van der Waals surface area (Å²) in [4.78, 5) is 11.0. The minimum atomic E-state index is 0.139.